The molecule has 0 amide bonds. The van der Waals surface area contributed by atoms with Crippen LogP contribution in [0.2, 0.25) is 0 Å². The average Bonchev–Trinajstić information content (AvgIpc) is 2.26. The molecule has 1 aromatic rings. The molecule has 0 aliphatic heterocycles. The number of anilines is 1. The molecule has 1 aromatic carbocycles. The second kappa shape index (κ2) is 5.46. The molecule has 0 aliphatic carbocycles. The second-order valence-corrected chi connectivity index (χ2v) is 3.55. The van der Waals surface area contributed by atoms with Gasteiger partial charge in [0.25, 0.3) is 5.69 Å². The molecule has 5 heteroatoms. The number of aliphatic hydroxyl groups excluding tert-OH is 1. The van der Waals surface area contributed by atoms with Gasteiger partial charge in [-0.3, -0.25) is 10.1 Å². The third kappa shape index (κ3) is 2.70. The lowest BCUT2D eigenvalue weighted by Crippen LogP contribution is -2.26. The van der Waals surface area contributed by atoms with Crippen molar-refractivity contribution in [3.05, 3.63) is 33.9 Å². The summed E-state index contributed by atoms with van der Waals surface area (Å²) < 4.78 is 0. The quantitative estimate of drug-likeness (QED) is 0.611. The molecule has 88 valence electrons. The van der Waals surface area contributed by atoms with Crippen molar-refractivity contribution >= 4 is 11.4 Å². The van der Waals surface area contributed by atoms with Gasteiger partial charge in [0.15, 0.2) is 0 Å². The Kier molecular flexibility index (Phi) is 4.25. The van der Waals surface area contributed by atoms with E-state index in [9.17, 15) is 10.1 Å². The minimum absolute atomic E-state index is 0.0150. The first kappa shape index (κ1) is 12.4. The van der Waals surface area contributed by atoms with Crippen LogP contribution in [0, 0.1) is 17.0 Å². The van der Waals surface area contributed by atoms with Crippen molar-refractivity contribution in [3.8, 4) is 0 Å². The van der Waals surface area contributed by atoms with Crippen molar-refractivity contribution < 1.29 is 10.0 Å². The molecule has 0 heterocycles. The Hall–Kier alpha value is -1.62. The van der Waals surface area contributed by atoms with E-state index in [0.717, 1.165) is 5.56 Å². The molecule has 0 radical (unpaired) electrons. The molecule has 1 N–H and O–H groups in total. The van der Waals surface area contributed by atoms with Crippen LogP contribution in [-0.2, 0) is 0 Å². The maximum Gasteiger partial charge on any atom is 0.292 e. The van der Waals surface area contributed by atoms with Crippen LogP contribution in [0.15, 0.2) is 18.2 Å². The van der Waals surface area contributed by atoms with E-state index in [1.165, 1.54) is 0 Å². The highest BCUT2D eigenvalue weighted by Gasteiger charge is 2.17. The Labute approximate surface area is 94.5 Å². The zero-order valence-corrected chi connectivity index (χ0v) is 9.51. The zero-order chi connectivity index (χ0) is 12.1. The molecule has 0 spiro atoms. The first-order valence-corrected chi connectivity index (χ1v) is 5.21. The van der Waals surface area contributed by atoms with Gasteiger partial charge in [0.1, 0.15) is 5.69 Å². The van der Waals surface area contributed by atoms with Crippen molar-refractivity contribution in [2.24, 2.45) is 0 Å². The highest BCUT2D eigenvalue weighted by molar-refractivity contribution is 5.64. The van der Waals surface area contributed by atoms with Crippen molar-refractivity contribution in [1.82, 2.24) is 0 Å². The smallest absolute Gasteiger partial charge is 0.292 e. The summed E-state index contributed by atoms with van der Waals surface area (Å²) in [5.41, 5.74) is 1.51. The molecule has 0 bridgehead atoms. The molecule has 0 aliphatic rings. The number of rotatable bonds is 5. The molecule has 0 atom stereocenters. The number of hydrogen-bond donors (Lipinski definition) is 1. The van der Waals surface area contributed by atoms with Crippen LogP contribution in [0.1, 0.15) is 12.5 Å². The van der Waals surface area contributed by atoms with E-state index in [1.807, 2.05) is 19.9 Å². The van der Waals surface area contributed by atoms with Gasteiger partial charge in [0.05, 0.1) is 11.5 Å². The molecule has 0 saturated heterocycles. The summed E-state index contributed by atoms with van der Waals surface area (Å²) in [6, 6.07) is 5.12. The number of hydrogen-bond acceptors (Lipinski definition) is 4. The van der Waals surface area contributed by atoms with Crippen LogP contribution < -0.4 is 4.90 Å². The molecular formula is C11H16N2O3. The van der Waals surface area contributed by atoms with Gasteiger partial charge in [0, 0.05) is 19.2 Å². The molecular weight excluding hydrogens is 208 g/mol. The third-order valence-corrected chi connectivity index (χ3v) is 2.42. The van der Waals surface area contributed by atoms with E-state index in [0.29, 0.717) is 18.8 Å². The molecule has 5 nitrogen and oxygen atoms in total. The van der Waals surface area contributed by atoms with Crippen LogP contribution in [0.4, 0.5) is 11.4 Å². The first-order chi connectivity index (χ1) is 7.60. The molecule has 0 saturated carbocycles. The fourth-order valence-electron chi connectivity index (χ4n) is 1.62. The topological polar surface area (TPSA) is 66.6 Å². The van der Waals surface area contributed by atoms with Crippen LogP contribution in [0.25, 0.3) is 0 Å². The van der Waals surface area contributed by atoms with Gasteiger partial charge in [-0.15, -0.1) is 0 Å². The highest BCUT2D eigenvalue weighted by Crippen LogP contribution is 2.28. The summed E-state index contributed by atoms with van der Waals surface area (Å²) in [4.78, 5) is 12.3. The third-order valence-electron chi connectivity index (χ3n) is 2.42. The molecule has 0 aromatic heterocycles. The average molecular weight is 224 g/mol. The Morgan fingerprint density at radius 3 is 2.69 bits per heavy atom. The van der Waals surface area contributed by atoms with Crippen LogP contribution in [0.3, 0.4) is 0 Å². The van der Waals surface area contributed by atoms with Gasteiger partial charge in [-0.2, -0.15) is 0 Å². The van der Waals surface area contributed by atoms with Crippen molar-refractivity contribution in [1.29, 1.82) is 0 Å². The van der Waals surface area contributed by atoms with Crippen LogP contribution in [0.5, 0.6) is 0 Å². The maximum atomic E-state index is 10.9. The Balaban J connectivity index is 3.14. The fourth-order valence-corrected chi connectivity index (χ4v) is 1.62. The molecule has 1 rings (SSSR count). The number of likely N-dealkylation sites (N-methyl/N-ethyl adjacent to an activating group) is 1. The monoisotopic (exact) mass is 224 g/mol. The lowest BCUT2D eigenvalue weighted by molar-refractivity contribution is -0.384. The predicted molar refractivity (Wildman–Crippen MR) is 62.8 cm³/mol. The number of aliphatic hydroxyl groups is 1. The zero-order valence-electron chi connectivity index (χ0n) is 9.51. The number of nitro benzene ring substituents is 1. The van der Waals surface area contributed by atoms with Crippen LogP contribution >= 0.6 is 0 Å². The van der Waals surface area contributed by atoms with Gasteiger partial charge in [0.2, 0.25) is 0 Å². The summed E-state index contributed by atoms with van der Waals surface area (Å²) in [6.45, 7) is 4.74. The summed E-state index contributed by atoms with van der Waals surface area (Å²) in [5.74, 6) is 0. The maximum absolute atomic E-state index is 10.9. The summed E-state index contributed by atoms with van der Waals surface area (Å²) in [6.07, 6.45) is 0. The van der Waals surface area contributed by atoms with E-state index in [2.05, 4.69) is 0 Å². The minimum Gasteiger partial charge on any atom is -0.395 e. The van der Waals surface area contributed by atoms with Crippen LogP contribution in [-0.4, -0.2) is 29.7 Å². The Morgan fingerprint density at radius 1 is 1.50 bits per heavy atom. The minimum atomic E-state index is -0.387. The number of nitrogens with zero attached hydrogens (tertiary/aromatic N) is 2. The molecule has 16 heavy (non-hydrogen) atoms. The van der Waals surface area contributed by atoms with Gasteiger partial charge < -0.3 is 10.0 Å². The van der Waals surface area contributed by atoms with Crippen molar-refractivity contribution in [2.75, 3.05) is 24.6 Å². The van der Waals surface area contributed by atoms with Gasteiger partial charge in [-0.05, 0) is 25.5 Å². The van der Waals surface area contributed by atoms with E-state index in [4.69, 9.17) is 5.11 Å². The lowest BCUT2D eigenvalue weighted by Gasteiger charge is -2.21. The van der Waals surface area contributed by atoms with Crippen molar-refractivity contribution in [3.63, 3.8) is 0 Å². The van der Waals surface area contributed by atoms with Gasteiger partial charge in [-0.25, -0.2) is 0 Å². The molecule has 0 fully saturated rings. The van der Waals surface area contributed by atoms with Gasteiger partial charge >= 0.3 is 0 Å². The molecule has 0 unspecified atom stereocenters. The lowest BCUT2D eigenvalue weighted by atomic mass is 10.1. The van der Waals surface area contributed by atoms with Crippen molar-refractivity contribution in [2.45, 2.75) is 13.8 Å². The van der Waals surface area contributed by atoms with E-state index in [-0.39, 0.29) is 17.2 Å². The number of benzene rings is 1. The predicted octanol–water partition coefficient (Wildman–Crippen LogP) is 1.72. The van der Waals surface area contributed by atoms with E-state index < -0.39 is 0 Å². The largest absolute Gasteiger partial charge is 0.395 e. The SMILES string of the molecule is CCN(CCO)c1ccc(C)cc1[N+](=O)[O-]. The Morgan fingerprint density at radius 2 is 2.19 bits per heavy atom. The Bertz CT molecular complexity index is 379. The highest BCUT2D eigenvalue weighted by atomic mass is 16.6. The summed E-state index contributed by atoms with van der Waals surface area (Å²) >= 11 is 0. The number of aryl methyl sites for hydroxylation is 1. The van der Waals surface area contributed by atoms with Gasteiger partial charge in [-0.1, -0.05) is 6.07 Å². The first-order valence-electron chi connectivity index (χ1n) is 5.21. The van der Waals surface area contributed by atoms with E-state index >= 15 is 0 Å². The second-order valence-electron chi connectivity index (χ2n) is 3.55. The number of nitro groups is 1. The standard InChI is InChI=1S/C11H16N2O3/c1-3-12(6-7-14)10-5-4-9(2)8-11(10)13(15)16/h4-5,8,14H,3,6-7H2,1-2H3. The van der Waals surface area contributed by atoms with E-state index in [1.54, 1.807) is 17.0 Å². The fraction of sp³-hybridized carbons (Fsp3) is 0.455. The summed E-state index contributed by atoms with van der Waals surface area (Å²) in [7, 11) is 0. The normalized spacial score (nSPS) is 10.2. The summed E-state index contributed by atoms with van der Waals surface area (Å²) in [5, 5.41) is 19.8.